The van der Waals surface area contributed by atoms with Gasteiger partial charge in [-0.15, -0.1) is 0 Å². The lowest BCUT2D eigenvalue weighted by molar-refractivity contribution is 1.00. The number of hydrogen-bond acceptors (Lipinski definition) is 0. The Morgan fingerprint density at radius 2 is 1.12 bits per heavy atom. The first-order valence-electron chi connectivity index (χ1n) is 9.52. The minimum Gasteiger partial charge on any atom is -0.0706 e. The second-order valence-corrected chi connectivity index (χ2v) is 10.8. The van der Waals surface area contributed by atoms with Crippen LogP contribution in [0.25, 0.3) is 0 Å². The first-order valence-corrected chi connectivity index (χ1v) is 11.5. The van der Waals surface area contributed by atoms with Gasteiger partial charge in [0, 0.05) is 0 Å². The highest BCUT2D eigenvalue weighted by Gasteiger charge is 2.44. The molecule has 1 saturated carbocycles. The van der Waals surface area contributed by atoms with Crippen molar-refractivity contribution < 1.29 is 0 Å². The van der Waals surface area contributed by atoms with Gasteiger partial charge in [0.25, 0.3) is 0 Å². The van der Waals surface area contributed by atoms with E-state index in [9.17, 15) is 0 Å². The van der Waals surface area contributed by atoms with Gasteiger partial charge in [-0.3, -0.25) is 0 Å². The van der Waals surface area contributed by atoms with E-state index in [1.807, 2.05) is 0 Å². The van der Waals surface area contributed by atoms with Crippen LogP contribution in [0.5, 0.6) is 0 Å². The Morgan fingerprint density at radius 3 is 1.46 bits per heavy atom. The number of hydrogen-bond donors (Lipinski definition) is 0. The summed E-state index contributed by atoms with van der Waals surface area (Å²) in [5, 5.41) is 4.41. The van der Waals surface area contributed by atoms with Crippen LogP contribution < -0.4 is 15.9 Å². The molecule has 3 aromatic carbocycles. The zero-order chi connectivity index (χ0) is 17.8. The summed E-state index contributed by atoms with van der Waals surface area (Å²) in [5.41, 5.74) is 1.58. The van der Waals surface area contributed by atoms with Crippen molar-refractivity contribution in [1.29, 1.82) is 0 Å². The average Bonchev–Trinajstić information content (AvgIpc) is 3.56. The highest BCUT2D eigenvalue weighted by molar-refractivity contribution is 7.95. The van der Waals surface area contributed by atoms with Crippen LogP contribution in [0.15, 0.2) is 103 Å². The normalized spacial score (nSPS) is 15.0. The van der Waals surface area contributed by atoms with Crippen molar-refractivity contribution in [2.75, 3.05) is 6.16 Å². The molecule has 3 aromatic rings. The van der Waals surface area contributed by atoms with Crippen LogP contribution in [-0.4, -0.2) is 6.16 Å². The van der Waals surface area contributed by atoms with Gasteiger partial charge >= 0.3 is 0 Å². The molecule has 1 heteroatoms. The molecule has 0 heterocycles. The molecule has 0 nitrogen and oxygen atoms in total. The van der Waals surface area contributed by atoms with Gasteiger partial charge in [-0.1, -0.05) is 60.2 Å². The topological polar surface area (TPSA) is 0 Å². The molecule has 1 aliphatic rings. The summed E-state index contributed by atoms with van der Waals surface area (Å²) in [6.45, 7) is 2.33. The first-order chi connectivity index (χ1) is 12.8. The van der Waals surface area contributed by atoms with Crippen molar-refractivity contribution in [3.8, 4) is 0 Å². The molecule has 0 amide bonds. The molecule has 130 valence electrons. The lowest BCUT2D eigenvalue weighted by Gasteiger charge is -2.27. The monoisotopic (exact) mass is 357 g/mol. The third-order valence-corrected chi connectivity index (χ3v) is 9.77. The van der Waals surface area contributed by atoms with Gasteiger partial charge in [0.05, 0.1) is 6.16 Å². The Kier molecular flexibility index (Phi) is 5.05. The zero-order valence-electron chi connectivity index (χ0n) is 15.4. The maximum absolute atomic E-state index is 2.54. The maximum atomic E-state index is 2.54. The molecule has 0 saturated heterocycles. The molecule has 0 unspecified atom stereocenters. The average molecular weight is 357 g/mol. The van der Waals surface area contributed by atoms with Crippen LogP contribution in [0.2, 0.25) is 0 Å². The Bertz CT molecular complexity index is 765. The van der Waals surface area contributed by atoms with Crippen molar-refractivity contribution in [1.82, 2.24) is 0 Å². The highest BCUT2D eigenvalue weighted by Crippen LogP contribution is 2.55. The van der Waals surface area contributed by atoms with E-state index in [0.29, 0.717) is 0 Å². The van der Waals surface area contributed by atoms with Gasteiger partial charge < -0.3 is 0 Å². The summed E-state index contributed by atoms with van der Waals surface area (Å²) in [5.74, 6) is 0.833. The van der Waals surface area contributed by atoms with Crippen LogP contribution in [0.3, 0.4) is 0 Å². The lowest BCUT2D eigenvalue weighted by Crippen LogP contribution is -2.33. The van der Waals surface area contributed by atoms with E-state index in [0.717, 1.165) is 12.1 Å². The minimum absolute atomic E-state index is 0.833. The van der Waals surface area contributed by atoms with Crippen molar-refractivity contribution in [3.63, 3.8) is 0 Å². The summed E-state index contributed by atoms with van der Waals surface area (Å²) >= 11 is 0. The molecule has 1 aliphatic carbocycles. The SMILES string of the molecule is CC(=CC[P+](c1ccccc1)(c1ccccc1)c1ccccc1)C1CC1. The Hall–Kier alpha value is -2.17. The first kappa shape index (κ1) is 17.3. The lowest BCUT2D eigenvalue weighted by atomic mass is 10.2. The van der Waals surface area contributed by atoms with Crippen LogP contribution in [0.4, 0.5) is 0 Å². The smallest absolute Gasteiger partial charge is 0.0706 e. The van der Waals surface area contributed by atoms with Gasteiger partial charge in [0.15, 0.2) is 0 Å². The van der Waals surface area contributed by atoms with E-state index in [1.165, 1.54) is 28.8 Å². The third-order valence-electron chi connectivity index (χ3n) is 5.50. The molecule has 26 heavy (non-hydrogen) atoms. The van der Waals surface area contributed by atoms with Crippen LogP contribution in [0.1, 0.15) is 19.8 Å². The molecule has 0 N–H and O–H groups in total. The number of benzene rings is 3. The summed E-state index contributed by atoms with van der Waals surface area (Å²) < 4.78 is 0. The Morgan fingerprint density at radius 1 is 0.731 bits per heavy atom. The number of rotatable bonds is 6. The van der Waals surface area contributed by atoms with Gasteiger partial charge in [-0.05, 0) is 68.2 Å². The fraction of sp³-hybridized carbons (Fsp3) is 0.200. The summed E-state index contributed by atoms with van der Waals surface area (Å²) in [6.07, 6.45) is 6.39. The molecular formula is C25H26P+. The van der Waals surface area contributed by atoms with Crippen molar-refractivity contribution in [2.24, 2.45) is 5.92 Å². The van der Waals surface area contributed by atoms with Gasteiger partial charge in [0.2, 0.25) is 0 Å². The fourth-order valence-electron chi connectivity index (χ4n) is 3.80. The second-order valence-electron chi connectivity index (χ2n) is 7.22. The highest BCUT2D eigenvalue weighted by atomic mass is 31.2. The van der Waals surface area contributed by atoms with Crippen molar-refractivity contribution >= 4 is 23.2 Å². The van der Waals surface area contributed by atoms with E-state index >= 15 is 0 Å². The third kappa shape index (κ3) is 3.39. The molecule has 4 rings (SSSR count). The summed E-state index contributed by atoms with van der Waals surface area (Å²) in [7, 11) is -1.70. The molecular weight excluding hydrogens is 331 g/mol. The second kappa shape index (κ2) is 7.60. The quantitative estimate of drug-likeness (QED) is 0.413. The van der Waals surface area contributed by atoms with Crippen LogP contribution >= 0.6 is 7.26 Å². The van der Waals surface area contributed by atoms with Crippen molar-refractivity contribution in [2.45, 2.75) is 19.8 Å². The maximum Gasteiger partial charge on any atom is 0.115 e. The van der Waals surface area contributed by atoms with E-state index in [-0.39, 0.29) is 0 Å². The van der Waals surface area contributed by atoms with E-state index in [2.05, 4.69) is 104 Å². The molecule has 0 bridgehead atoms. The molecule has 0 aromatic heterocycles. The van der Waals surface area contributed by atoms with Crippen LogP contribution in [0, 0.1) is 5.92 Å². The predicted molar refractivity (Wildman–Crippen MR) is 116 cm³/mol. The van der Waals surface area contributed by atoms with Gasteiger partial charge in [0.1, 0.15) is 23.2 Å². The largest absolute Gasteiger partial charge is 0.115 e. The molecule has 0 aliphatic heterocycles. The Balaban J connectivity index is 1.92. The summed E-state index contributed by atoms with van der Waals surface area (Å²) in [6, 6.07) is 33.5. The zero-order valence-corrected chi connectivity index (χ0v) is 16.3. The predicted octanol–water partition coefficient (Wildman–Crippen LogP) is 5.34. The van der Waals surface area contributed by atoms with Crippen molar-refractivity contribution in [3.05, 3.63) is 103 Å². The standard InChI is InChI=1S/C25H26P/c1-21(22-17-18-22)19-20-26(23-11-5-2-6-12-23,24-13-7-3-8-14-24)25-15-9-4-10-16-25/h2-16,19,22H,17-18,20H2,1H3/q+1. The molecule has 1 fully saturated rings. The minimum atomic E-state index is -1.70. The Labute approximate surface area is 157 Å². The fourth-order valence-corrected chi connectivity index (χ4v) is 7.93. The van der Waals surface area contributed by atoms with Crippen LogP contribution in [-0.2, 0) is 0 Å². The number of allylic oxidation sites excluding steroid dienone is 2. The van der Waals surface area contributed by atoms with E-state index < -0.39 is 7.26 Å². The molecule has 0 radical (unpaired) electrons. The van der Waals surface area contributed by atoms with E-state index in [4.69, 9.17) is 0 Å². The molecule has 0 atom stereocenters. The van der Waals surface area contributed by atoms with Gasteiger partial charge in [-0.25, -0.2) is 0 Å². The van der Waals surface area contributed by atoms with Gasteiger partial charge in [-0.2, -0.15) is 0 Å². The summed E-state index contributed by atoms with van der Waals surface area (Å²) in [4.78, 5) is 0. The molecule has 0 spiro atoms. The van der Waals surface area contributed by atoms with E-state index in [1.54, 1.807) is 5.57 Å².